The number of aryl methyl sites for hydroxylation is 1. The lowest BCUT2D eigenvalue weighted by Gasteiger charge is -2.17. The van der Waals surface area contributed by atoms with Crippen LogP contribution in [0.5, 0.6) is 0 Å². The molecule has 0 fully saturated rings. The van der Waals surface area contributed by atoms with Crippen molar-refractivity contribution in [2.75, 3.05) is 5.75 Å². The van der Waals surface area contributed by atoms with Crippen molar-refractivity contribution in [3.05, 3.63) is 29.3 Å². The maximum absolute atomic E-state index is 11.9. The van der Waals surface area contributed by atoms with Crippen LogP contribution in [0.2, 0.25) is 0 Å². The lowest BCUT2D eigenvalue weighted by Crippen LogP contribution is -2.31. The summed E-state index contributed by atoms with van der Waals surface area (Å²) in [5, 5.41) is 2.83. The molecule has 0 saturated carbocycles. The Balaban J connectivity index is 2.20. The molecule has 5 heteroatoms. The van der Waals surface area contributed by atoms with E-state index in [2.05, 4.69) is 5.32 Å². The van der Waals surface area contributed by atoms with Crippen LogP contribution in [0.4, 0.5) is 0 Å². The molecule has 2 rings (SSSR count). The van der Waals surface area contributed by atoms with Gasteiger partial charge in [0.05, 0.1) is 17.1 Å². The number of sulfone groups is 1. The lowest BCUT2D eigenvalue weighted by atomic mass is 10.0. The van der Waals surface area contributed by atoms with E-state index in [4.69, 9.17) is 0 Å². The summed E-state index contributed by atoms with van der Waals surface area (Å²) in [6.07, 6.45) is 1.73. The molecule has 1 aliphatic rings. The Morgan fingerprint density at radius 1 is 1.37 bits per heavy atom. The second kappa shape index (κ2) is 5.33. The quantitative estimate of drug-likeness (QED) is 0.912. The van der Waals surface area contributed by atoms with Crippen LogP contribution in [-0.4, -0.2) is 26.1 Å². The van der Waals surface area contributed by atoms with Crippen molar-refractivity contribution < 1.29 is 13.2 Å². The van der Waals surface area contributed by atoms with Gasteiger partial charge in [-0.25, -0.2) is 8.42 Å². The fourth-order valence-electron chi connectivity index (χ4n) is 2.36. The van der Waals surface area contributed by atoms with Crippen LogP contribution in [0.15, 0.2) is 23.1 Å². The fraction of sp³-hybridized carbons (Fsp3) is 0.500. The van der Waals surface area contributed by atoms with Crippen LogP contribution in [0, 0.1) is 0 Å². The minimum absolute atomic E-state index is 0.0337. The minimum atomic E-state index is -3.11. The largest absolute Gasteiger partial charge is 0.354 e. The van der Waals surface area contributed by atoms with Crippen LogP contribution in [-0.2, 0) is 27.5 Å². The lowest BCUT2D eigenvalue weighted by molar-refractivity contribution is -0.120. The summed E-state index contributed by atoms with van der Waals surface area (Å²) in [6, 6.07) is 5.35. The van der Waals surface area contributed by atoms with Crippen molar-refractivity contribution in [2.45, 2.75) is 44.0 Å². The molecule has 1 amide bonds. The van der Waals surface area contributed by atoms with Crippen molar-refractivity contribution in [1.82, 2.24) is 5.32 Å². The van der Waals surface area contributed by atoms with Gasteiger partial charge < -0.3 is 5.32 Å². The highest BCUT2D eigenvalue weighted by molar-refractivity contribution is 7.91. The zero-order chi connectivity index (χ0) is 14.0. The SMILES string of the molecule is CC(C)NC(=O)Cc1ccc2c(c1)CCCS2(=O)=O. The first-order valence-electron chi connectivity index (χ1n) is 6.52. The summed E-state index contributed by atoms with van der Waals surface area (Å²) in [5.41, 5.74) is 1.72. The van der Waals surface area contributed by atoms with Crippen LogP contribution in [0.25, 0.3) is 0 Å². The molecular formula is C14H19NO3S. The molecule has 0 aromatic heterocycles. The molecule has 4 nitrogen and oxygen atoms in total. The Labute approximate surface area is 114 Å². The third-order valence-electron chi connectivity index (χ3n) is 3.13. The van der Waals surface area contributed by atoms with Crippen LogP contribution < -0.4 is 5.32 Å². The second-order valence-electron chi connectivity index (χ2n) is 5.26. The highest BCUT2D eigenvalue weighted by Crippen LogP contribution is 2.25. The molecule has 0 bridgehead atoms. The number of nitrogens with one attached hydrogen (secondary N) is 1. The molecule has 0 saturated heterocycles. The van der Waals surface area contributed by atoms with Gasteiger partial charge in [-0.3, -0.25) is 4.79 Å². The van der Waals surface area contributed by atoms with Crippen molar-refractivity contribution >= 4 is 15.7 Å². The van der Waals surface area contributed by atoms with Gasteiger partial charge >= 0.3 is 0 Å². The van der Waals surface area contributed by atoms with Gasteiger partial charge in [-0.05, 0) is 43.9 Å². The molecule has 19 heavy (non-hydrogen) atoms. The third kappa shape index (κ3) is 3.35. The fourth-order valence-corrected chi connectivity index (χ4v) is 3.94. The zero-order valence-electron chi connectivity index (χ0n) is 11.3. The molecule has 0 atom stereocenters. The maximum Gasteiger partial charge on any atom is 0.224 e. The number of hydrogen-bond donors (Lipinski definition) is 1. The molecule has 104 valence electrons. The summed E-state index contributed by atoms with van der Waals surface area (Å²) in [7, 11) is -3.11. The molecule has 0 unspecified atom stereocenters. The molecule has 1 N–H and O–H groups in total. The van der Waals surface area contributed by atoms with Crippen molar-refractivity contribution in [1.29, 1.82) is 0 Å². The number of fused-ring (bicyclic) bond motifs is 1. The van der Waals surface area contributed by atoms with E-state index in [1.54, 1.807) is 12.1 Å². The molecule has 0 radical (unpaired) electrons. The van der Waals surface area contributed by atoms with Gasteiger partial charge in [0.15, 0.2) is 9.84 Å². The van der Waals surface area contributed by atoms with E-state index in [1.807, 2.05) is 19.9 Å². The normalized spacial score (nSPS) is 17.0. The number of rotatable bonds is 3. The average molecular weight is 281 g/mol. The molecule has 1 aromatic carbocycles. The summed E-state index contributed by atoms with van der Waals surface area (Å²) in [5.74, 6) is 0.196. The van der Waals surface area contributed by atoms with E-state index >= 15 is 0 Å². The van der Waals surface area contributed by atoms with Gasteiger partial charge in [-0.2, -0.15) is 0 Å². The van der Waals surface area contributed by atoms with Crippen molar-refractivity contribution in [2.24, 2.45) is 0 Å². The molecule has 0 aliphatic carbocycles. The van der Waals surface area contributed by atoms with Crippen LogP contribution in [0.1, 0.15) is 31.4 Å². The summed E-state index contributed by atoms with van der Waals surface area (Å²) >= 11 is 0. The molecule has 1 aliphatic heterocycles. The number of carbonyl (C=O) groups is 1. The predicted octanol–water partition coefficient (Wildman–Crippen LogP) is 1.47. The first kappa shape index (κ1) is 14.1. The smallest absolute Gasteiger partial charge is 0.224 e. The van der Waals surface area contributed by atoms with Gasteiger partial charge in [-0.15, -0.1) is 0 Å². The Morgan fingerprint density at radius 3 is 2.79 bits per heavy atom. The monoisotopic (exact) mass is 281 g/mol. The number of benzene rings is 1. The van der Waals surface area contributed by atoms with Crippen molar-refractivity contribution in [3.63, 3.8) is 0 Å². The van der Waals surface area contributed by atoms with Crippen molar-refractivity contribution in [3.8, 4) is 0 Å². The Hall–Kier alpha value is -1.36. The summed E-state index contributed by atoms with van der Waals surface area (Å²) < 4.78 is 23.7. The number of amides is 1. The Kier molecular flexibility index (Phi) is 3.94. The van der Waals surface area contributed by atoms with Crippen LogP contribution >= 0.6 is 0 Å². The van der Waals surface area contributed by atoms with Gasteiger partial charge in [0.1, 0.15) is 0 Å². The zero-order valence-corrected chi connectivity index (χ0v) is 12.1. The highest BCUT2D eigenvalue weighted by Gasteiger charge is 2.23. The van der Waals surface area contributed by atoms with Gasteiger partial charge in [0.2, 0.25) is 5.91 Å². The van der Waals surface area contributed by atoms with E-state index in [0.717, 1.165) is 17.5 Å². The molecule has 0 spiro atoms. The predicted molar refractivity (Wildman–Crippen MR) is 73.8 cm³/mol. The standard InChI is InChI=1S/C14H19NO3S/c1-10(2)15-14(16)9-11-5-6-13-12(8-11)4-3-7-19(13,17)18/h5-6,8,10H,3-4,7,9H2,1-2H3,(H,15,16). The molecule has 1 heterocycles. The van der Waals surface area contributed by atoms with E-state index in [-0.39, 0.29) is 17.7 Å². The third-order valence-corrected chi connectivity index (χ3v) is 5.03. The topological polar surface area (TPSA) is 63.2 Å². The number of hydrogen-bond acceptors (Lipinski definition) is 3. The van der Waals surface area contributed by atoms with E-state index in [0.29, 0.717) is 17.7 Å². The average Bonchev–Trinajstić information content (AvgIpc) is 2.26. The summed E-state index contributed by atoms with van der Waals surface area (Å²) in [4.78, 5) is 12.1. The summed E-state index contributed by atoms with van der Waals surface area (Å²) in [6.45, 7) is 3.83. The first-order valence-corrected chi connectivity index (χ1v) is 8.17. The first-order chi connectivity index (χ1) is 8.88. The van der Waals surface area contributed by atoms with E-state index < -0.39 is 9.84 Å². The van der Waals surface area contributed by atoms with Gasteiger partial charge in [0, 0.05) is 6.04 Å². The van der Waals surface area contributed by atoms with E-state index in [9.17, 15) is 13.2 Å². The highest BCUT2D eigenvalue weighted by atomic mass is 32.2. The molecule has 1 aromatic rings. The molecular weight excluding hydrogens is 262 g/mol. The second-order valence-corrected chi connectivity index (χ2v) is 7.34. The Morgan fingerprint density at radius 2 is 2.11 bits per heavy atom. The van der Waals surface area contributed by atoms with Gasteiger partial charge in [0.25, 0.3) is 0 Å². The van der Waals surface area contributed by atoms with Crippen LogP contribution in [0.3, 0.4) is 0 Å². The maximum atomic E-state index is 11.9. The minimum Gasteiger partial charge on any atom is -0.354 e. The Bertz CT molecular complexity index is 591. The van der Waals surface area contributed by atoms with Gasteiger partial charge in [-0.1, -0.05) is 12.1 Å². The number of carbonyl (C=O) groups excluding carboxylic acids is 1. The van der Waals surface area contributed by atoms with E-state index in [1.165, 1.54) is 0 Å².